The molecule has 0 spiro atoms. The Hall–Kier alpha value is -1.39. The van der Waals surface area contributed by atoms with Crippen LogP contribution in [0.1, 0.15) is 24.9 Å². The summed E-state index contributed by atoms with van der Waals surface area (Å²) in [7, 11) is -2.86. The van der Waals surface area contributed by atoms with E-state index in [0.717, 1.165) is 13.0 Å². The fourth-order valence-corrected chi connectivity index (χ4v) is 5.20. The van der Waals surface area contributed by atoms with Gasteiger partial charge in [0.15, 0.2) is 9.84 Å². The van der Waals surface area contributed by atoms with Gasteiger partial charge >= 0.3 is 0 Å². The molecule has 0 aliphatic carbocycles. The minimum Gasteiger partial charge on any atom is -0.310 e. The Bertz CT molecular complexity index is 734. The molecule has 0 bridgehead atoms. The highest BCUT2D eigenvalue weighted by Crippen LogP contribution is 2.34. The first kappa shape index (κ1) is 14.5. The van der Waals surface area contributed by atoms with E-state index in [1.54, 1.807) is 0 Å². The van der Waals surface area contributed by atoms with Crippen molar-refractivity contribution in [2.24, 2.45) is 5.92 Å². The molecule has 1 aliphatic heterocycles. The summed E-state index contributed by atoms with van der Waals surface area (Å²) < 4.78 is 23.6. The molecule has 3 nitrogen and oxygen atoms in total. The summed E-state index contributed by atoms with van der Waals surface area (Å²) in [6.45, 7) is 2.91. The first-order chi connectivity index (χ1) is 10.1. The summed E-state index contributed by atoms with van der Waals surface area (Å²) in [4.78, 5) is 0. The Labute approximate surface area is 126 Å². The van der Waals surface area contributed by atoms with Crippen LogP contribution in [0.25, 0.3) is 10.8 Å². The van der Waals surface area contributed by atoms with Crippen molar-refractivity contribution in [2.45, 2.75) is 19.4 Å². The lowest BCUT2D eigenvalue weighted by Crippen LogP contribution is -2.29. The van der Waals surface area contributed by atoms with E-state index < -0.39 is 9.84 Å². The molecule has 1 heterocycles. The first-order valence-electron chi connectivity index (χ1n) is 7.52. The van der Waals surface area contributed by atoms with Crippen LogP contribution in [-0.2, 0) is 9.84 Å². The zero-order valence-electron chi connectivity index (χ0n) is 12.2. The summed E-state index contributed by atoms with van der Waals surface area (Å²) in [5.41, 5.74) is 1.22. The molecule has 2 atom stereocenters. The molecule has 112 valence electrons. The van der Waals surface area contributed by atoms with E-state index >= 15 is 0 Å². The van der Waals surface area contributed by atoms with Crippen LogP contribution in [-0.4, -0.2) is 26.5 Å². The van der Waals surface area contributed by atoms with Gasteiger partial charge in [-0.15, -0.1) is 0 Å². The fraction of sp³-hybridized carbons (Fsp3) is 0.412. The molecule has 3 rings (SSSR count). The molecule has 21 heavy (non-hydrogen) atoms. The van der Waals surface area contributed by atoms with Gasteiger partial charge in [0.05, 0.1) is 11.5 Å². The zero-order valence-corrected chi connectivity index (χ0v) is 13.1. The van der Waals surface area contributed by atoms with Crippen LogP contribution < -0.4 is 5.32 Å². The normalized spacial score (nSPS) is 22.4. The van der Waals surface area contributed by atoms with Gasteiger partial charge in [-0.3, -0.25) is 0 Å². The number of fused-ring (bicyclic) bond motifs is 1. The molecule has 0 amide bonds. The van der Waals surface area contributed by atoms with Gasteiger partial charge in [0.25, 0.3) is 0 Å². The molecule has 0 radical (unpaired) electrons. The maximum absolute atomic E-state index is 11.8. The van der Waals surface area contributed by atoms with Crippen molar-refractivity contribution in [1.29, 1.82) is 0 Å². The molecule has 2 unspecified atom stereocenters. The van der Waals surface area contributed by atoms with Gasteiger partial charge in [0, 0.05) is 6.04 Å². The second-order valence-electron chi connectivity index (χ2n) is 5.77. The van der Waals surface area contributed by atoms with Gasteiger partial charge in [-0.25, -0.2) is 8.42 Å². The van der Waals surface area contributed by atoms with E-state index in [9.17, 15) is 8.42 Å². The average molecular weight is 303 g/mol. The van der Waals surface area contributed by atoms with Crippen molar-refractivity contribution in [2.75, 3.05) is 18.1 Å². The Kier molecular flexibility index (Phi) is 4.00. The monoisotopic (exact) mass is 303 g/mol. The van der Waals surface area contributed by atoms with E-state index in [0.29, 0.717) is 11.5 Å². The Morgan fingerprint density at radius 2 is 1.95 bits per heavy atom. The lowest BCUT2D eigenvalue weighted by Gasteiger charge is -2.25. The Morgan fingerprint density at radius 1 is 1.19 bits per heavy atom. The van der Waals surface area contributed by atoms with Gasteiger partial charge in [0.1, 0.15) is 0 Å². The van der Waals surface area contributed by atoms with E-state index in [-0.39, 0.29) is 12.0 Å². The third-order valence-corrected chi connectivity index (χ3v) is 6.12. The van der Waals surface area contributed by atoms with Crippen LogP contribution >= 0.6 is 0 Å². The average Bonchev–Trinajstić information content (AvgIpc) is 2.84. The summed E-state index contributed by atoms with van der Waals surface area (Å²) >= 11 is 0. The number of sulfone groups is 1. The molecule has 1 saturated heterocycles. The predicted octanol–water partition coefficient (Wildman–Crippen LogP) is 2.93. The summed E-state index contributed by atoms with van der Waals surface area (Å²) in [6.07, 6.45) is 0.753. The Morgan fingerprint density at radius 3 is 2.67 bits per heavy atom. The van der Waals surface area contributed by atoms with Gasteiger partial charge < -0.3 is 5.32 Å². The highest BCUT2D eigenvalue weighted by Gasteiger charge is 2.34. The van der Waals surface area contributed by atoms with Crippen molar-refractivity contribution >= 4 is 20.6 Å². The van der Waals surface area contributed by atoms with Crippen molar-refractivity contribution in [3.8, 4) is 0 Å². The summed E-state index contributed by atoms with van der Waals surface area (Å²) in [6, 6.07) is 14.7. The predicted molar refractivity (Wildman–Crippen MR) is 87.1 cm³/mol. The van der Waals surface area contributed by atoms with Gasteiger partial charge in [-0.2, -0.15) is 0 Å². The number of rotatable bonds is 4. The third kappa shape index (κ3) is 2.97. The van der Waals surface area contributed by atoms with E-state index in [4.69, 9.17) is 0 Å². The van der Waals surface area contributed by atoms with Crippen molar-refractivity contribution in [3.63, 3.8) is 0 Å². The van der Waals surface area contributed by atoms with E-state index in [1.807, 2.05) is 12.1 Å². The first-order valence-corrected chi connectivity index (χ1v) is 9.34. The van der Waals surface area contributed by atoms with Crippen molar-refractivity contribution < 1.29 is 8.42 Å². The molecule has 0 aromatic heterocycles. The van der Waals surface area contributed by atoms with Crippen LogP contribution in [0, 0.1) is 5.92 Å². The van der Waals surface area contributed by atoms with E-state index in [1.165, 1.54) is 16.3 Å². The van der Waals surface area contributed by atoms with Crippen molar-refractivity contribution in [1.82, 2.24) is 5.32 Å². The van der Waals surface area contributed by atoms with Crippen LogP contribution in [0.15, 0.2) is 42.5 Å². The molecular weight excluding hydrogens is 282 g/mol. The molecule has 2 aromatic carbocycles. The third-order valence-electron chi connectivity index (χ3n) is 4.32. The minimum absolute atomic E-state index is 0.110. The SMILES string of the molecule is CCNC(c1cccc2ccccc12)C1CCS(=O)(=O)C1. The second-order valence-corrected chi connectivity index (χ2v) is 8.00. The van der Waals surface area contributed by atoms with Crippen LogP contribution in [0.5, 0.6) is 0 Å². The quantitative estimate of drug-likeness (QED) is 0.944. The van der Waals surface area contributed by atoms with Crippen LogP contribution in [0.3, 0.4) is 0 Å². The molecular formula is C17H21NO2S. The highest BCUT2D eigenvalue weighted by atomic mass is 32.2. The van der Waals surface area contributed by atoms with Crippen molar-refractivity contribution in [3.05, 3.63) is 48.0 Å². The zero-order chi connectivity index (χ0) is 14.9. The minimum atomic E-state index is -2.86. The topological polar surface area (TPSA) is 46.2 Å². The lowest BCUT2D eigenvalue weighted by atomic mass is 9.89. The molecule has 1 N–H and O–H groups in total. The maximum Gasteiger partial charge on any atom is 0.150 e. The summed E-state index contributed by atoms with van der Waals surface area (Å²) in [5, 5.41) is 5.93. The fourth-order valence-electron chi connectivity index (χ4n) is 3.36. The number of nitrogens with one attached hydrogen (secondary N) is 1. The highest BCUT2D eigenvalue weighted by molar-refractivity contribution is 7.91. The van der Waals surface area contributed by atoms with Crippen LogP contribution in [0.4, 0.5) is 0 Å². The largest absolute Gasteiger partial charge is 0.310 e. The van der Waals surface area contributed by atoms with Gasteiger partial charge in [0.2, 0.25) is 0 Å². The molecule has 2 aromatic rings. The lowest BCUT2D eigenvalue weighted by molar-refractivity contribution is 0.402. The van der Waals surface area contributed by atoms with Crippen LogP contribution in [0.2, 0.25) is 0 Å². The van der Waals surface area contributed by atoms with E-state index in [2.05, 4.69) is 42.6 Å². The number of hydrogen-bond donors (Lipinski definition) is 1. The Balaban J connectivity index is 2.04. The summed E-state index contributed by atoms with van der Waals surface area (Å²) in [5.74, 6) is 0.791. The molecule has 0 saturated carbocycles. The maximum atomic E-state index is 11.8. The standard InChI is InChI=1S/C17H21NO2S/c1-2-18-17(14-10-11-21(19,20)12-14)16-9-5-7-13-6-3-4-8-15(13)16/h3-9,14,17-18H,2,10-12H2,1H3. The molecule has 4 heteroatoms. The smallest absolute Gasteiger partial charge is 0.150 e. The van der Waals surface area contributed by atoms with Gasteiger partial charge in [-0.1, -0.05) is 49.4 Å². The number of hydrogen-bond acceptors (Lipinski definition) is 3. The van der Waals surface area contributed by atoms with Gasteiger partial charge in [-0.05, 0) is 35.2 Å². The molecule has 1 aliphatic rings. The second kappa shape index (κ2) is 5.78. The number of benzene rings is 2. The molecule has 1 fully saturated rings.